The van der Waals surface area contributed by atoms with Crippen molar-refractivity contribution in [3.63, 3.8) is 0 Å². The predicted octanol–water partition coefficient (Wildman–Crippen LogP) is 3.06. The number of benzene rings is 2. The summed E-state index contributed by atoms with van der Waals surface area (Å²) in [5, 5.41) is 33.4. The zero-order chi connectivity index (χ0) is 21.1. The highest BCUT2D eigenvalue weighted by atomic mass is 16.5. The van der Waals surface area contributed by atoms with Gasteiger partial charge in [-0.25, -0.2) is 9.97 Å². The second kappa shape index (κ2) is 8.20. The first-order valence-corrected chi connectivity index (χ1v) is 9.72. The van der Waals surface area contributed by atoms with E-state index in [2.05, 4.69) is 20.2 Å². The third-order valence-corrected chi connectivity index (χ3v) is 4.75. The van der Waals surface area contributed by atoms with Gasteiger partial charge in [-0.05, 0) is 25.0 Å². The van der Waals surface area contributed by atoms with Crippen LogP contribution in [0.5, 0.6) is 0 Å². The maximum atomic E-state index is 12.3. The minimum Gasteiger partial charge on any atom is -0.618 e. The molecule has 0 fully saturated rings. The summed E-state index contributed by atoms with van der Waals surface area (Å²) in [6.07, 6.45) is 3.90. The van der Waals surface area contributed by atoms with Gasteiger partial charge in [-0.1, -0.05) is 38.1 Å². The van der Waals surface area contributed by atoms with E-state index in [0.717, 1.165) is 9.46 Å². The molecule has 0 aliphatic carbocycles. The normalized spacial score (nSPS) is 12.6. The van der Waals surface area contributed by atoms with Gasteiger partial charge in [-0.15, -0.1) is 0 Å². The highest BCUT2D eigenvalue weighted by Gasteiger charge is 2.14. The second-order valence-corrected chi connectivity index (χ2v) is 6.68. The summed E-state index contributed by atoms with van der Waals surface area (Å²) in [6, 6.07) is 14.3. The molecule has 8 nitrogen and oxygen atoms in total. The van der Waals surface area contributed by atoms with E-state index in [-0.39, 0.29) is 0 Å². The molecule has 0 unspecified atom stereocenters. The Morgan fingerprint density at radius 1 is 0.733 bits per heavy atom. The van der Waals surface area contributed by atoms with Gasteiger partial charge >= 0.3 is 0 Å². The van der Waals surface area contributed by atoms with Crippen LogP contribution in [0.2, 0.25) is 0 Å². The van der Waals surface area contributed by atoms with Crippen molar-refractivity contribution in [2.24, 2.45) is 10.2 Å². The Hall–Kier alpha value is -3.94. The fourth-order valence-corrected chi connectivity index (χ4v) is 3.17. The van der Waals surface area contributed by atoms with Crippen molar-refractivity contribution < 1.29 is 9.46 Å². The molecule has 2 aromatic carbocycles. The van der Waals surface area contributed by atoms with E-state index in [4.69, 9.17) is 0 Å². The quantitative estimate of drug-likeness (QED) is 0.222. The van der Waals surface area contributed by atoms with Crippen molar-refractivity contribution in [2.45, 2.75) is 26.7 Å². The molecule has 0 radical (unpaired) electrons. The topological polar surface area (TPSA) is 104 Å². The highest BCUT2D eigenvalue weighted by molar-refractivity contribution is 6.02. The molecule has 2 heterocycles. The fourth-order valence-electron chi connectivity index (χ4n) is 3.17. The Labute approximate surface area is 173 Å². The standard InChI is InChI=1S/C22H20N6O2/c1-3-15(19-13-27(29)21-11-7-5-9-17(21)23-19)25-26-16(4-2)20-14-28(30)22-12-8-6-10-18(22)24-20/h5-14H,3-4H2,1-2H3/b25-15+,26-16+. The van der Waals surface area contributed by atoms with E-state index >= 15 is 0 Å². The summed E-state index contributed by atoms with van der Waals surface area (Å²) in [6.45, 7) is 3.84. The summed E-state index contributed by atoms with van der Waals surface area (Å²) >= 11 is 0. The zero-order valence-corrected chi connectivity index (χ0v) is 16.7. The van der Waals surface area contributed by atoms with Crippen LogP contribution < -0.4 is 9.46 Å². The van der Waals surface area contributed by atoms with Crippen LogP contribution in [0.3, 0.4) is 0 Å². The fraction of sp³-hybridized carbons (Fsp3) is 0.182. The number of fused-ring (bicyclic) bond motifs is 2. The molecule has 0 saturated carbocycles. The lowest BCUT2D eigenvalue weighted by molar-refractivity contribution is -0.577. The van der Waals surface area contributed by atoms with Gasteiger partial charge in [0, 0.05) is 12.1 Å². The second-order valence-electron chi connectivity index (χ2n) is 6.68. The van der Waals surface area contributed by atoms with Gasteiger partial charge in [0.15, 0.2) is 11.4 Å². The summed E-state index contributed by atoms with van der Waals surface area (Å²) in [5.41, 5.74) is 4.26. The minimum atomic E-state index is 0.468. The van der Waals surface area contributed by atoms with E-state index in [0.29, 0.717) is 57.7 Å². The Morgan fingerprint density at radius 2 is 1.13 bits per heavy atom. The van der Waals surface area contributed by atoms with E-state index in [1.165, 1.54) is 12.4 Å². The first-order chi connectivity index (χ1) is 14.6. The number of hydrogen-bond acceptors (Lipinski definition) is 6. The van der Waals surface area contributed by atoms with Gasteiger partial charge in [0.05, 0.1) is 11.4 Å². The van der Waals surface area contributed by atoms with Crippen molar-refractivity contribution in [1.29, 1.82) is 0 Å². The zero-order valence-electron chi connectivity index (χ0n) is 16.7. The van der Waals surface area contributed by atoms with E-state index in [9.17, 15) is 10.4 Å². The molecule has 0 saturated heterocycles. The lowest BCUT2D eigenvalue weighted by Crippen LogP contribution is -2.29. The number of para-hydroxylation sites is 4. The monoisotopic (exact) mass is 400 g/mol. The summed E-state index contributed by atoms with van der Waals surface area (Å²) in [7, 11) is 0. The van der Waals surface area contributed by atoms with Crippen LogP contribution in [0.4, 0.5) is 0 Å². The van der Waals surface area contributed by atoms with Gasteiger partial charge in [0.1, 0.15) is 11.0 Å². The maximum Gasteiger partial charge on any atom is 0.242 e. The Morgan fingerprint density at radius 3 is 1.53 bits per heavy atom. The summed E-state index contributed by atoms with van der Waals surface area (Å²) in [4.78, 5) is 9.10. The third-order valence-electron chi connectivity index (χ3n) is 4.75. The van der Waals surface area contributed by atoms with Gasteiger partial charge in [0.2, 0.25) is 23.4 Å². The smallest absolute Gasteiger partial charge is 0.242 e. The molecule has 0 N–H and O–H groups in total. The molecule has 0 spiro atoms. The molecular formula is C22H20N6O2. The van der Waals surface area contributed by atoms with Gasteiger partial charge in [-0.3, -0.25) is 0 Å². The van der Waals surface area contributed by atoms with Crippen molar-refractivity contribution in [2.75, 3.05) is 0 Å². The molecule has 4 aromatic rings. The Bertz CT molecular complexity index is 1200. The van der Waals surface area contributed by atoms with Crippen LogP contribution in [0.1, 0.15) is 38.1 Å². The van der Waals surface area contributed by atoms with Crippen molar-refractivity contribution in [1.82, 2.24) is 9.97 Å². The van der Waals surface area contributed by atoms with E-state index < -0.39 is 0 Å². The van der Waals surface area contributed by atoms with Gasteiger partial charge < -0.3 is 10.4 Å². The van der Waals surface area contributed by atoms with Crippen molar-refractivity contribution >= 4 is 33.5 Å². The average molecular weight is 400 g/mol. The van der Waals surface area contributed by atoms with E-state index in [1.54, 1.807) is 36.4 Å². The first kappa shape index (κ1) is 19.4. The molecule has 0 aliphatic heterocycles. The van der Waals surface area contributed by atoms with Crippen LogP contribution >= 0.6 is 0 Å². The summed E-state index contributed by atoms with van der Waals surface area (Å²) < 4.78 is 1.58. The Kier molecular flexibility index (Phi) is 5.30. The molecule has 150 valence electrons. The SMILES string of the molecule is CC/C(=N\N=C(/CC)c1c[n+]([O-])c2ccccc2n1)c1c[n+]([O-])c2ccccc2n1. The van der Waals surface area contributed by atoms with Crippen LogP contribution in [0.25, 0.3) is 22.1 Å². The molecule has 0 bridgehead atoms. The van der Waals surface area contributed by atoms with Crippen LogP contribution in [0, 0.1) is 10.4 Å². The molecule has 8 heteroatoms. The number of hydrogen-bond donors (Lipinski definition) is 0. The molecule has 0 atom stereocenters. The predicted molar refractivity (Wildman–Crippen MR) is 115 cm³/mol. The van der Waals surface area contributed by atoms with Crippen LogP contribution in [0.15, 0.2) is 71.1 Å². The van der Waals surface area contributed by atoms with Gasteiger partial charge in [0.25, 0.3) is 0 Å². The molecule has 0 aliphatic rings. The number of aromatic nitrogens is 4. The van der Waals surface area contributed by atoms with Crippen molar-refractivity contribution in [3.8, 4) is 0 Å². The summed E-state index contributed by atoms with van der Waals surface area (Å²) in [5.74, 6) is 0. The van der Waals surface area contributed by atoms with Crippen molar-refractivity contribution in [3.05, 3.63) is 82.7 Å². The largest absolute Gasteiger partial charge is 0.618 e. The van der Waals surface area contributed by atoms with Crippen LogP contribution in [-0.2, 0) is 0 Å². The lowest BCUT2D eigenvalue weighted by Gasteiger charge is -2.06. The Balaban J connectivity index is 1.76. The molecule has 2 aromatic heterocycles. The van der Waals surface area contributed by atoms with Crippen LogP contribution in [-0.4, -0.2) is 21.4 Å². The molecular weight excluding hydrogens is 380 g/mol. The van der Waals surface area contributed by atoms with E-state index in [1.807, 2.05) is 26.0 Å². The average Bonchev–Trinajstić information content (AvgIpc) is 2.77. The molecule has 4 rings (SSSR count). The minimum absolute atomic E-state index is 0.468. The maximum absolute atomic E-state index is 12.3. The highest BCUT2D eigenvalue weighted by Crippen LogP contribution is 2.11. The number of nitrogens with zero attached hydrogens (tertiary/aromatic N) is 6. The lowest BCUT2D eigenvalue weighted by atomic mass is 10.2. The third kappa shape index (κ3) is 3.67. The molecule has 0 amide bonds. The molecule has 30 heavy (non-hydrogen) atoms. The first-order valence-electron chi connectivity index (χ1n) is 9.72. The van der Waals surface area contributed by atoms with Gasteiger partial charge in [-0.2, -0.15) is 19.7 Å². The number of rotatable bonds is 5.